The van der Waals surface area contributed by atoms with Gasteiger partial charge >= 0.3 is 0 Å². The quantitative estimate of drug-likeness (QED) is 0.706. The summed E-state index contributed by atoms with van der Waals surface area (Å²) in [5.41, 5.74) is 1.14. The van der Waals surface area contributed by atoms with E-state index >= 15 is 0 Å². The third-order valence-electron chi connectivity index (χ3n) is 3.04. The molecule has 1 saturated heterocycles. The third-order valence-corrected chi connectivity index (χ3v) is 3.04. The van der Waals surface area contributed by atoms with E-state index in [-0.39, 0.29) is 5.91 Å². The smallest absolute Gasteiger partial charge is 0.222 e. The Labute approximate surface area is 108 Å². The van der Waals surface area contributed by atoms with E-state index in [1.54, 1.807) is 0 Å². The molecule has 1 aromatic carbocycles. The maximum Gasteiger partial charge on any atom is 0.222 e. The Balaban J connectivity index is 1.50. The number of hydrogen-bond donors (Lipinski definition) is 2. The lowest BCUT2D eigenvalue weighted by molar-refractivity contribution is -0.122. The molecule has 0 saturated carbocycles. The standard InChI is InChI=1S/C14H20N2O2/c17-14(16-10-13-8-15-9-13)6-7-18-11-12-4-2-1-3-5-12/h1-5,13,15H,6-11H2,(H,16,17). The summed E-state index contributed by atoms with van der Waals surface area (Å²) in [5.74, 6) is 0.689. The fourth-order valence-electron chi connectivity index (χ4n) is 1.77. The van der Waals surface area contributed by atoms with E-state index in [0.29, 0.717) is 25.6 Å². The average Bonchev–Trinajstić information content (AvgIpc) is 2.34. The molecule has 2 rings (SSSR count). The first-order valence-corrected chi connectivity index (χ1v) is 6.43. The molecule has 1 amide bonds. The van der Waals surface area contributed by atoms with Crippen LogP contribution in [0, 0.1) is 5.92 Å². The molecular formula is C14H20N2O2. The largest absolute Gasteiger partial charge is 0.376 e. The molecule has 1 aliphatic rings. The minimum Gasteiger partial charge on any atom is -0.376 e. The van der Waals surface area contributed by atoms with Crippen LogP contribution in [0.2, 0.25) is 0 Å². The Hall–Kier alpha value is -1.39. The topological polar surface area (TPSA) is 50.4 Å². The molecule has 1 aromatic rings. The fourth-order valence-corrected chi connectivity index (χ4v) is 1.77. The molecule has 1 fully saturated rings. The van der Waals surface area contributed by atoms with Crippen molar-refractivity contribution in [2.75, 3.05) is 26.2 Å². The van der Waals surface area contributed by atoms with Gasteiger partial charge < -0.3 is 15.4 Å². The van der Waals surface area contributed by atoms with Gasteiger partial charge in [0.15, 0.2) is 0 Å². The first-order valence-electron chi connectivity index (χ1n) is 6.43. The van der Waals surface area contributed by atoms with E-state index < -0.39 is 0 Å². The summed E-state index contributed by atoms with van der Waals surface area (Å²) in [5, 5.41) is 6.10. The van der Waals surface area contributed by atoms with Gasteiger partial charge in [0.2, 0.25) is 5.91 Å². The zero-order chi connectivity index (χ0) is 12.6. The summed E-state index contributed by atoms with van der Waals surface area (Å²) in [6, 6.07) is 9.98. The van der Waals surface area contributed by atoms with Crippen LogP contribution in [0.15, 0.2) is 30.3 Å². The van der Waals surface area contributed by atoms with E-state index in [0.717, 1.165) is 25.2 Å². The average molecular weight is 248 g/mol. The molecule has 0 radical (unpaired) electrons. The van der Waals surface area contributed by atoms with E-state index in [9.17, 15) is 4.79 Å². The Morgan fingerprint density at radius 3 is 2.78 bits per heavy atom. The lowest BCUT2D eigenvalue weighted by atomic mass is 10.0. The third kappa shape index (κ3) is 4.47. The Morgan fingerprint density at radius 1 is 1.33 bits per heavy atom. The molecule has 0 atom stereocenters. The van der Waals surface area contributed by atoms with E-state index in [1.807, 2.05) is 30.3 Å². The van der Waals surface area contributed by atoms with Gasteiger partial charge in [-0.3, -0.25) is 4.79 Å². The number of carbonyl (C=O) groups is 1. The second-order valence-corrected chi connectivity index (χ2v) is 4.62. The summed E-state index contributed by atoms with van der Waals surface area (Å²) in [4.78, 5) is 11.5. The van der Waals surface area contributed by atoms with Crippen LogP contribution in [0.4, 0.5) is 0 Å². The predicted octanol–water partition coefficient (Wildman–Crippen LogP) is 0.929. The van der Waals surface area contributed by atoms with Crippen LogP contribution < -0.4 is 10.6 Å². The zero-order valence-corrected chi connectivity index (χ0v) is 10.5. The predicted molar refractivity (Wildman–Crippen MR) is 70.1 cm³/mol. The number of benzene rings is 1. The highest BCUT2D eigenvalue weighted by Gasteiger charge is 2.16. The van der Waals surface area contributed by atoms with Crippen LogP contribution in [0.1, 0.15) is 12.0 Å². The lowest BCUT2D eigenvalue weighted by Gasteiger charge is -2.27. The Bertz CT molecular complexity index is 363. The van der Waals surface area contributed by atoms with Gasteiger partial charge in [0.25, 0.3) is 0 Å². The van der Waals surface area contributed by atoms with Crippen molar-refractivity contribution in [3.8, 4) is 0 Å². The van der Waals surface area contributed by atoms with Crippen LogP contribution in [0.25, 0.3) is 0 Å². The Morgan fingerprint density at radius 2 is 2.11 bits per heavy atom. The molecule has 0 spiro atoms. The van der Waals surface area contributed by atoms with Crippen LogP contribution in [-0.4, -0.2) is 32.1 Å². The molecule has 0 aliphatic carbocycles. The minimum atomic E-state index is 0.0787. The van der Waals surface area contributed by atoms with Crippen molar-refractivity contribution in [3.05, 3.63) is 35.9 Å². The van der Waals surface area contributed by atoms with Crippen LogP contribution in [0.5, 0.6) is 0 Å². The Kier molecular flexibility index (Phi) is 5.17. The molecule has 4 heteroatoms. The van der Waals surface area contributed by atoms with Gasteiger partial charge in [0.05, 0.1) is 13.2 Å². The molecule has 0 aromatic heterocycles. The van der Waals surface area contributed by atoms with Crippen LogP contribution in [0.3, 0.4) is 0 Å². The van der Waals surface area contributed by atoms with Crippen molar-refractivity contribution >= 4 is 5.91 Å². The monoisotopic (exact) mass is 248 g/mol. The van der Waals surface area contributed by atoms with Gasteiger partial charge in [-0.2, -0.15) is 0 Å². The van der Waals surface area contributed by atoms with Crippen molar-refractivity contribution in [1.82, 2.24) is 10.6 Å². The first-order chi connectivity index (χ1) is 8.84. The van der Waals surface area contributed by atoms with Gasteiger partial charge in [-0.25, -0.2) is 0 Å². The first kappa shape index (κ1) is 13.1. The van der Waals surface area contributed by atoms with E-state index in [2.05, 4.69) is 10.6 Å². The summed E-state index contributed by atoms with van der Waals surface area (Å²) in [7, 11) is 0. The molecule has 0 unspecified atom stereocenters. The highest BCUT2D eigenvalue weighted by Crippen LogP contribution is 2.01. The van der Waals surface area contributed by atoms with Gasteiger partial charge in [-0.05, 0) is 5.56 Å². The van der Waals surface area contributed by atoms with Crippen LogP contribution >= 0.6 is 0 Å². The summed E-state index contributed by atoms with van der Waals surface area (Å²) in [6.45, 7) is 3.87. The van der Waals surface area contributed by atoms with Crippen molar-refractivity contribution in [2.45, 2.75) is 13.0 Å². The normalized spacial score (nSPS) is 15.1. The zero-order valence-electron chi connectivity index (χ0n) is 10.5. The summed E-state index contributed by atoms with van der Waals surface area (Å²) < 4.78 is 5.46. The highest BCUT2D eigenvalue weighted by atomic mass is 16.5. The minimum absolute atomic E-state index is 0.0787. The second-order valence-electron chi connectivity index (χ2n) is 4.62. The van der Waals surface area contributed by atoms with Gasteiger partial charge in [-0.1, -0.05) is 30.3 Å². The lowest BCUT2D eigenvalue weighted by Crippen LogP contribution is -2.48. The SMILES string of the molecule is O=C(CCOCc1ccccc1)NCC1CNC1. The van der Waals surface area contributed by atoms with Crippen molar-refractivity contribution in [2.24, 2.45) is 5.92 Å². The number of rotatable bonds is 7. The molecule has 1 heterocycles. The highest BCUT2D eigenvalue weighted by molar-refractivity contribution is 5.75. The van der Waals surface area contributed by atoms with E-state index in [1.165, 1.54) is 0 Å². The van der Waals surface area contributed by atoms with Crippen LogP contribution in [-0.2, 0) is 16.1 Å². The summed E-state index contributed by atoms with van der Waals surface area (Å²) in [6.07, 6.45) is 0.437. The number of amides is 1. The molecule has 2 N–H and O–H groups in total. The van der Waals surface area contributed by atoms with Crippen molar-refractivity contribution in [3.63, 3.8) is 0 Å². The number of ether oxygens (including phenoxy) is 1. The number of carbonyl (C=O) groups excluding carboxylic acids is 1. The maximum atomic E-state index is 11.5. The summed E-state index contributed by atoms with van der Waals surface area (Å²) >= 11 is 0. The van der Waals surface area contributed by atoms with Gasteiger partial charge in [0.1, 0.15) is 0 Å². The number of nitrogens with one attached hydrogen (secondary N) is 2. The maximum absolute atomic E-state index is 11.5. The molecule has 18 heavy (non-hydrogen) atoms. The molecule has 98 valence electrons. The molecular weight excluding hydrogens is 228 g/mol. The van der Waals surface area contributed by atoms with E-state index in [4.69, 9.17) is 4.74 Å². The van der Waals surface area contributed by atoms with Gasteiger partial charge in [0, 0.05) is 32.0 Å². The number of hydrogen-bond acceptors (Lipinski definition) is 3. The van der Waals surface area contributed by atoms with Crippen molar-refractivity contribution in [1.29, 1.82) is 0 Å². The fraction of sp³-hybridized carbons (Fsp3) is 0.500. The molecule has 0 bridgehead atoms. The molecule has 1 aliphatic heterocycles. The van der Waals surface area contributed by atoms with Crippen molar-refractivity contribution < 1.29 is 9.53 Å². The molecule has 4 nitrogen and oxygen atoms in total. The second kappa shape index (κ2) is 7.13. The van der Waals surface area contributed by atoms with Gasteiger partial charge in [-0.15, -0.1) is 0 Å².